The van der Waals surface area contributed by atoms with Crippen molar-refractivity contribution in [3.05, 3.63) is 47.5 Å². The van der Waals surface area contributed by atoms with E-state index in [9.17, 15) is 10.2 Å². The molecule has 0 aliphatic rings. The van der Waals surface area contributed by atoms with E-state index in [-0.39, 0.29) is 11.5 Å². The molecule has 5 nitrogen and oxygen atoms in total. The first kappa shape index (κ1) is 17.5. The lowest BCUT2D eigenvalue weighted by atomic mass is 10.1. The van der Waals surface area contributed by atoms with Gasteiger partial charge in [-0.15, -0.1) is 6.42 Å². The maximum Gasteiger partial charge on any atom is 0.160 e. The molecule has 5 heteroatoms. The van der Waals surface area contributed by atoms with Crippen LogP contribution in [0.15, 0.2) is 36.4 Å². The molecule has 2 rings (SSSR count). The van der Waals surface area contributed by atoms with Gasteiger partial charge in [-0.1, -0.05) is 18.1 Å². The van der Waals surface area contributed by atoms with Crippen LogP contribution in [-0.2, 0) is 13.1 Å². The molecule has 0 saturated carbocycles. The largest absolute Gasteiger partial charge is 0.504 e. The summed E-state index contributed by atoms with van der Waals surface area (Å²) in [5, 5.41) is 19.4. The van der Waals surface area contributed by atoms with Crippen molar-refractivity contribution in [3.8, 4) is 35.3 Å². The van der Waals surface area contributed by atoms with E-state index < -0.39 is 0 Å². The average molecular weight is 327 g/mol. The van der Waals surface area contributed by atoms with E-state index in [0.717, 1.165) is 11.1 Å². The van der Waals surface area contributed by atoms with Gasteiger partial charge in [0.15, 0.2) is 23.0 Å². The van der Waals surface area contributed by atoms with Crippen LogP contribution in [0.1, 0.15) is 11.1 Å². The van der Waals surface area contributed by atoms with E-state index >= 15 is 0 Å². The lowest BCUT2D eigenvalue weighted by Gasteiger charge is -2.21. The van der Waals surface area contributed by atoms with Gasteiger partial charge in [-0.25, -0.2) is 0 Å². The molecular formula is C19H21NO4. The molecule has 126 valence electrons. The number of nitrogens with zero attached hydrogens (tertiary/aromatic N) is 1. The number of ether oxygens (including phenoxy) is 2. The molecule has 0 saturated heterocycles. The molecular weight excluding hydrogens is 306 g/mol. The van der Waals surface area contributed by atoms with Crippen molar-refractivity contribution in [2.75, 3.05) is 20.8 Å². The van der Waals surface area contributed by atoms with E-state index in [0.29, 0.717) is 31.1 Å². The monoisotopic (exact) mass is 327 g/mol. The van der Waals surface area contributed by atoms with Crippen molar-refractivity contribution in [2.24, 2.45) is 0 Å². The van der Waals surface area contributed by atoms with Crippen molar-refractivity contribution >= 4 is 0 Å². The molecule has 0 aromatic heterocycles. The topological polar surface area (TPSA) is 62.2 Å². The standard InChI is InChI=1S/C19H21NO4/c1-4-9-20(12-14-5-7-16(21)18(10-14)23-2)13-15-6-8-17(22)19(11-15)24-3/h1,5-8,10-11,21-22H,9,12-13H2,2-3H3. The minimum atomic E-state index is 0.105. The molecule has 2 N–H and O–H groups in total. The van der Waals surface area contributed by atoms with Crippen molar-refractivity contribution in [1.82, 2.24) is 4.90 Å². The third kappa shape index (κ3) is 4.34. The van der Waals surface area contributed by atoms with Gasteiger partial charge in [0, 0.05) is 13.1 Å². The van der Waals surface area contributed by atoms with Gasteiger partial charge in [0.2, 0.25) is 0 Å². The first-order valence-corrected chi connectivity index (χ1v) is 7.45. The van der Waals surface area contributed by atoms with Crippen LogP contribution in [0.4, 0.5) is 0 Å². The molecule has 0 unspecified atom stereocenters. The Hall–Kier alpha value is -2.84. The van der Waals surface area contributed by atoms with E-state index in [1.165, 1.54) is 14.2 Å². The summed E-state index contributed by atoms with van der Waals surface area (Å²) in [6.45, 7) is 1.67. The van der Waals surface area contributed by atoms with Gasteiger partial charge in [-0.05, 0) is 35.4 Å². The third-order valence-corrected chi connectivity index (χ3v) is 3.62. The van der Waals surface area contributed by atoms with Crippen molar-refractivity contribution < 1.29 is 19.7 Å². The van der Waals surface area contributed by atoms with E-state index in [1.54, 1.807) is 24.3 Å². The zero-order valence-corrected chi connectivity index (χ0v) is 13.8. The Morgan fingerprint density at radius 2 is 1.38 bits per heavy atom. The lowest BCUT2D eigenvalue weighted by Crippen LogP contribution is -2.23. The second-order valence-corrected chi connectivity index (χ2v) is 5.36. The number of benzene rings is 2. The van der Waals surface area contributed by atoms with Crippen LogP contribution in [0.5, 0.6) is 23.0 Å². The number of phenolic OH excluding ortho intramolecular Hbond substituents is 2. The Kier molecular flexibility index (Phi) is 5.94. The second kappa shape index (κ2) is 8.14. The minimum absolute atomic E-state index is 0.105. The first-order valence-electron chi connectivity index (χ1n) is 7.45. The van der Waals surface area contributed by atoms with E-state index in [2.05, 4.69) is 10.8 Å². The molecule has 0 heterocycles. The quantitative estimate of drug-likeness (QED) is 0.766. The average Bonchev–Trinajstić information content (AvgIpc) is 2.58. The molecule has 0 bridgehead atoms. The van der Waals surface area contributed by atoms with Crippen LogP contribution in [0, 0.1) is 12.3 Å². The van der Waals surface area contributed by atoms with Gasteiger partial charge in [0.1, 0.15) is 0 Å². The van der Waals surface area contributed by atoms with Gasteiger partial charge in [0.05, 0.1) is 20.8 Å². The Bertz CT molecular complexity index is 681. The zero-order valence-electron chi connectivity index (χ0n) is 13.8. The van der Waals surface area contributed by atoms with Gasteiger partial charge in [0.25, 0.3) is 0 Å². The Labute approximate surface area is 142 Å². The summed E-state index contributed by atoms with van der Waals surface area (Å²) in [6, 6.07) is 10.4. The highest BCUT2D eigenvalue weighted by molar-refractivity contribution is 5.43. The summed E-state index contributed by atoms with van der Waals surface area (Å²) >= 11 is 0. The predicted octanol–water partition coefficient (Wildman–Crippen LogP) is 2.75. The van der Waals surface area contributed by atoms with Crippen LogP contribution < -0.4 is 9.47 Å². The fourth-order valence-electron chi connectivity index (χ4n) is 2.45. The van der Waals surface area contributed by atoms with Crippen LogP contribution in [-0.4, -0.2) is 35.9 Å². The molecule has 0 radical (unpaired) electrons. The molecule has 0 aliphatic carbocycles. The Morgan fingerprint density at radius 1 is 0.917 bits per heavy atom. The van der Waals surface area contributed by atoms with E-state index in [1.807, 2.05) is 12.1 Å². The van der Waals surface area contributed by atoms with Gasteiger partial charge in [-0.2, -0.15) is 0 Å². The highest BCUT2D eigenvalue weighted by Crippen LogP contribution is 2.28. The Morgan fingerprint density at radius 3 is 1.75 bits per heavy atom. The van der Waals surface area contributed by atoms with Crippen molar-refractivity contribution in [3.63, 3.8) is 0 Å². The molecule has 0 spiro atoms. The van der Waals surface area contributed by atoms with Gasteiger partial charge < -0.3 is 19.7 Å². The number of hydrogen-bond donors (Lipinski definition) is 2. The highest BCUT2D eigenvalue weighted by atomic mass is 16.5. The van der Waals surface area contributed by atoms with Gasteiger partial charge >= 0.3 is 0 Å². The number of methoxy groups -OCH3 is 2. The Balaban J connectivity index is 2.16. The third-order valence-electron chi connectivity index (χ3n) is 3.62. The molecule has 0 fully saturated rings. The molecule has 0 aliphatic heterocycles. The summed E-state index contributed by atoms with van der Waals surface area (Å²) < 4.78 is 10.3. The van der Waals surface area contributed by atoms with E-state index in [4.69, 9.17) is 15.9 Å². The highest BCUT2D eigenvalue weighted by Gasteiger charge is 2.10. The fraction of sp³-hybridized carbons (Fsp3) is 0.263. The summed E-state index contributed by atoms with van der Waals surface area (Å²) in [5.74, 6) is 3.72. The number of phenols is 2. The van der Waals surface area contributed by atoms with Crippen LogP contribution in [0.2, 0.25) is 0 Å². The smallest absolute Gasteiger partial charge is 0.160 e. The normalized spacial score (nSPS) is 10.4. The number of rotatable bonds is 7. The fourth-order valence-corrected chi connectivity index (χ4v) is 2.45. The lowest BCUT2D eigenvalue weighted by molar-refractivity contribution is 0.288. The molecule has 2 aromatic rings. The number of aromatic hydroxyl groups is 2. The van der Waals surface area contributed by atoms with Crippen LogP contribution in [0.25, 0.3) is 0 Å². The summed E-state index contributed by atoms with van der Waals surface area (Å²) in [6.07, 6.45) is 5.48. The SMILES string of the molecule is C#CCN(Cc1ccc(O)c(OC)c1)Cc1ccc(O)c(OC)c1. The van der Waals surface area contributed by atoms with Crippen molar-refractivity contribution in [1.29, 1.82) is 0 Å². The molecule has 0 atom stereocenters. The first-order chi connectivity index (χ1) is 11.6. The molecule has 0 amide bonds. The minimum Gasteiger partial charge on any atom is -0.504 e. The molecule has 24 heavy (non-hydrogen) atoms. The zero-order chi connectivity index (χ0) is 17.5. The molecule has 2 aromatic carbocycles. The van der Waals surface area contributed by atoms with Crippen LogP contribution in [0.3, 0.4) is 0 Å². The van der Waals surface area contributed by atoms with Crippen molar-refractivity contribution in [2.45, 2.75) is 13.1 Å². The maximum absolute atomic E-state index is 9.68. The number of terminal acetylenes is 1. The van der Waals surface area contributed by atoms with Gasteiger partial charge in [-0.3, -0.25) is 4.90 Å². The second-order valence-electron chi connectivity index (χ2n) is 5.36. The summed E-state index contributed by atoms with van der Waals surface area (Å²) in [7, 11) is 3.03. The number of hydrogen-bond acceptors (Lipinski definition) is 5. The predicted molar refractivity (Wildman–Crippen MR) is 92.3 cm³/mol. The summed E-state index contributed by atoms with van der Waals surface area (Å²) in [4.78, 5) is 2.07. The maximum atomic E-state index is 9.68. The van der Waals surface area contributed by atoms with Crippen LogP contribution >= 0.6 is 0 Å². The summed E-state index contributed by atoms with van der Waals surface area (Å²) in [5.41, 5.74) is 1.95.